The summed E-state index contributed by atoms with van der Waals surface area (Å²) in [5.74, 6) is 0.151. The van der Waals surface area contributed by atoms with E-state index in [1.165, 1.54) is 5.69 Å². The Hall–Kier alpha value is -1.75. The van der Waals surface area contributed by atoms with E-state index in [1.54, 1.807) is 6.07 Å². The number of carbonyl (C=O) groups excluding carboxylic acids is 1. The van der Waals surface area contributed by atoms with Crippen molar-refractivity contribution in [2.24, 2.45) is 0 Å². The van der Waals surface area contributed by atoms with E-state index in [0.29, 0.717) is 23.1 Å². The number of piperazine rings is 1. The van der Waals surface area contributed by atoms with E-state index in [9.17, 15) is 4.79 Å². The van der Waals surface area contributed by atoms with Crippen LogP contribution in [0.15, 0.2) is 48.5 Å². The fourth-order valence-corrected chi connectivity index (χ4v) is 3.58. The highest BCUT2D eigenvalue weighted by Crippen LogP contribution is 2.26. The summed E-state index contributed by atoms with van der Waals surface area (Å²) in [5.41, 5.74) is 2.15. The molecule has 4 nitrogen and oxygen atoms in total. The third kappa shape index (κ3) is 4.70. The Morgan fingerprint density at radius 1 is 1.00 bits per heavy atom. The van der Waals surface area contributed by atoms with Crippen LogP contribution in [0.3, 0.4) is 0 Å². The molecule has 1 fully saturated rings. The van der Waals surface area contributed by atoms with E-state index in [2.05, 4.69) is 17.0 Å². The molecule has 0 saturated carbocycles. The second-order valence-corrected chi connectivity index (χ2v) is 7.37. The number of benzene rings is 2. The summed E-state index contributed by atoms with van der Waals surface area (Å²) in [7, 11) is 1.93. The largest absolute Gasteiger partial charge is 0.368 e. The molecular formula is C20H23Cl2N3O. The molecule has 0 radical (unpaired) electrons. The zero-order chi connectivity index (χ0) is 18.5. The fourth-order valence-electron chi connectivity index (χ4n) is 3.20. The maximum Gasteiger partial charge on any atom is 0.236 e. The van der Waals surface area contributed by atoms with Crippen molar-refractivity contribution in [1.29, 1.82) is 0 Å². The maximum absolute atomic E-state index is 12.6. The van der Waals surface area contributed by atoms with E-state index >= 15 is 0 Å². The maximum atomic E-state index is 12.6. The molecule has 0 aromatic heterocycles. The van der Waals surface area contributed by atoms with Crippen molar-refractivity contribution < 1.29 is 4.79 Å². The molecule has 138 valence electrons. The Kier molecular flexibility index (Phi) is 6.41. The van der Waals surface area contributed by atoms with Crippen molar-refractivity contribution in [2.75, 3.05) is 44.7 Å². The van der Waals surface area contributed by atoms with Gasteiger partial charge in [0.25, 0.3) is 0 Å². The first-order valence-corrected chi connectivity index (χ1v) is 9.49. The van der Waals surface area contributed by atoms with Gasteiger partial charge in [-0.1, -0.05) is 53.5 Å². The zero-order valence-corrected chi connectivity index (χ0v) is 16.4. The second-order valence-electron chi connectivity index (χ2n) is 6.59. The van der Waals surface area contributed by atoms with Crippen LogP contribution in [0.1, 0.15) is 5.56 Å². The lowest BCUT2D eigenvalue weighted by atomic mass is 10.2. The van der Waals surface area contributed by atoms with Crippen LogP contribution in [0.2, 0.25) is 10.0 Å². The molecule has 1 heterocycles. The van der Waals surface area contributed by atoms with Crippen molar-refractivity contribution in [3.8, 4) is 0 Å². The van der Waals surface area contributed by atoms with E-state index < -0.39 is 0 Å². The molecule has 1 amide bonds. The predicted molar refractivity (Wildman–Crippen MR) is 108 cm³/mol. The summed E-state index contributed by atoms with van der Waals surface area (Å²) in [5, 5.41) is 1.10. The molecule has 1 aliphatic rings. The van der Waals surface area contributed by atoms with Gasteiger partial charge >= 0.3 is 0 Å². The molecule has 26 heavy (non-hydrogen) atoms. The first-order chi connectivity index (χ1) is 12.5. The molecule has 0 aliphatic carbocycles. The van der Waals surface area contributed by atoms with Crippen LogP contribution >= 0.6 is 23.2 Å². The average molecular weight is 392 g/mol. The number of amides is 1. The quantitative estimate of drug-likeness (QED) is 0.775. The van der Waals surface area contributed by atoms with Crippen molar-refractivity contribution in [1.82, 2.24) is 9.80 Å². The smallest absolute Gasteiger partial charge is 0.236 e. The molecule has 1 aliphatic heterocycles. The number of hydrogen-bond acceptors (Lipinski definition) is 3. The summed E-state index contributed by atoms with van der Waals surface area (Å²) >= 11 is 12.3. The fraction of sp³-hybridized carbons (Fsp3) is 0.350. The normalized spacial score (nSPS) is 14.8. The highest BCUT2D eigenvalue weighted by Gasteiger charge is 2.22. The summed E-state index contributed by atoms with van der Waals surface area (Å²) in [6.07, 6.45) is 0. The minimum absolute atomic E-state index is 0.151. The molecule has 0 N–H and O–H groups in total. The van der Waals surface area contributed by atoms with Crippen LogP contribution in [0, 0.1) is 0 Å². The molecule has 3 rings (SSSR count). The van der Waals surface area contributed by atoms with Gasteiger partial charge in [0, 0.05) is 38.4 Å². The summed E-state index contributed by atoms with van der Waals surface area (Å²) in [6.45, 7) is 4.18. The Morgan fingerprint density at radius 3 is 2.38 bits per heavy atom. The number of hydrogen-bond donors (Lipinski definition) is 0. The number of anilines is 1. The molecule has 1 saturated heterocycles. The monoisotopic (exact) mass is 391 g/mol. The van der Waals surface area contributed by atoms with E-state index in [0.717, 1.165) is 31.7 Å². The van der Waals surface area contributed by atoms with Crippen LogP contribution in [-0.2, 0) is 11.3 Å². The lowest BCUT2D eigenvalue weighted by Crippen LogP contribution is -2.51. The van der Waals surface area contributed by atoms with Crippen LogP contribution in [0.5, 0.6) is 0 Å². The minimum Gasteiger partial charge on any atom is -0.368 e. The van der Waals surface area contributed by atoms with E-state index in [1.807, 2.05) is 47.2 Å². The van der Waals surface area contributed by atoms with E-state index in [4.69, 9.17) is 23.2 Å². The number of likely N-dealkylation sites (N-methyl/N-ethyl adjacent to an activating group) is 1. The summed E-state index contributed by atoms with van der Waals surface area (Å²) < 4.78 is 0. The number of nitrogens with zero attached hydrogens (tertiary/aromatic N) is 3. The first-order valence-electron chi connectivity index (χ1n) is 8.74. The van der Waals surface area contributed by atoms with Crippen molar-refractivity contribution in [3.05, 3.63) is 64.1 Å². The Labute approximate surface area is 164 Å². The van der Waals surface area contributed by atoms with Crippen LogP contribution in [-0.4, -0.2) is 55.5 Å². The summed E-state index contributed by atoms with van der Waals surface area (Å²) in [4.78, 5) is 18.8. The van der Waals surface area contributed by atoms with Crippen LogP contribution in [0.4, 0.5) is 5.69 Å². The SMILES string of the molecule is CN(CC(=O)N1CCN(c2ccccc2)CC1)Cc1cccc(Cl)c1Cl. The van der Waals surface area contributed by atoms with Gasteiger partial charge in [0.2, 0.25) is 5.91 Å². The standard InChI is InChI=1S/C20H23Cl2N3O/c1-23(14-16-6-5-9-18(21)20(16)22)15-19(26)25-12-10-24(11-13-25)17-7-3-2-4-8-17/h2-9H,10-15H2,1H3. The predicted octanol–water partition coefficient (Wildman–Crippen LogP) is 3.77. The molecular weight excluding hydrogens is 369 g/mol. The molecule has 6 heteroatoms. The molecule has 2 aromatic rings. The van der Waals surface area contributed by atoms with E-state index in [-0.39, 0.29) is 5.91 Å². The molecule has 0 bridgehead atoms. The third-order valence-electron chi connectivity index (χ3n) is 4.63. The minimum atomic E-state index is 0.151. The van der Waals surface area contributed by atoms with Gasteiger partial charge in [-0.15, -0.1) is 0 Å². The van der Waals surface area contributed by atoms with Crippen molar-refractivity contribution >= 4 is 34.8 Å². The van der Waals surface area contributed by atoms with Gasteiger partial charge in [0.1, 0.15) is 0 Å². The van der Waals surface area contributed by atoms with Gasteiger partial charge in [-0.25, -0.2) is 0 Å². The lowest BCUT2D eigenvalue weighted by molar-refractivity contribution is -0.132. The molecule has 2 aromatic carbocycles. The summed E-state index contributed by atoms with van der Waals surface area (Å²) in [6, 6.07) is 15.9. The number of carbonyl (C=O) groups is 1. The van der Waals surface area contributed by atoms with Gasteiger partial charge in [0.05, 0.1) is 16.6 Å². The molecule has 0 atom stereocenters. The van der Waals surface area contributed by atoms with Gasteiger partial charge in [-0.3, -0.25) is 9.69 Å². The number of para-hydroxylation sites is 1. The van der Waals surface area contributed by atoms with Crippen molar-refractivity contribution in [3.63, 3.8) is 0 Å². The number of halogens is 2. The van der Waals surface area contributed by atoms with Gasteiger partial charge in [-0.2, -0.15) is 0 Å². The van der Waals surface area contributed by atoms with Gasteiger partial charge < -0.3 is 9.80 Å². The average Bonchev–Trinajstić information content (AvgIpc) is 2.66. The topological polar surface area (TPSA) is 26.8 Å². The second kappa shape index (κ2) is 8.76. The molecule has 0 spiro atoms. The highest BCUT2D eigenvalue weighted by atomic mass is 35.5. The third-order valence-corrected chi connectivity index (χ3v) is 5.49. The Bertz CT molecular complexity index is 746. The van der Waals surface area contributed by atoms with Crippen molar-refractivity contribution in [2.45, 2.75) is 6.54 Å². The Balaban J connectivity index is 1.50. The number of rotatable bonds is 5. The van der Waals surface area contributed by atoms with Gasteiger partial charge in [0.15, 0.2) is 0 Å². The Morgan fingerprint density at radius 2 is 1.69 bits per heavy atom. The lowest BCUT2D eigenvalue weighted by Gasteiger charge is -2.36. The molecule has 0 unspecified atom stereocenters. The first kappa shape index (κ1) is 19.0. The zero-order valence-electron chi connectivity index (χ0n) is 14.9. The highest BCUT2D eigenvalue weighted by molar-refractivity contribution is 6.42. The van der Waals surface area contributed by atoms with Crippen LogP contribution < -0.4 is 4.90 Å². The van der Waals surface area contributed by atoms with Gasteiger partial charge in [-0.05, 0) is 30.8 Å². The van der Waals surface area contributed by atoms with Crippen LogP contribution in [0.25, 0.3) is 0 Å².